The summed E-state index contributed by atoms with van der Waals surface area (Å²) >= 11 is 1.51. The van der Waals surface area contributed by atoms with Gasteiger partial charge in [0.25, 0.3) is 0 Å². The molecule has 1 aliphatic rings. The number of carboxylic acids is 1. The van der Waals surface area contributed by atoms with Gasteiger partial charge in [0.05, 0.1) is 5.37 Å². The largest absolute Gasteiger partial charge is 0.504 e. The summed E-state index contributed by atoms with van der Waals surface area (Å²) in [6.45, 7) is 0.325. The van der Waals surface area contributed by atoms with Crippen molar-refractivity contribution in [2.75, 3.05) is 12.4 Å². The molecule has 0 spiro atoms. The number of nitrogens with one attached hydrogen (secondary N) is 1. The highest BCUT2D eigenvalue weighted by molar-refractivity contribution is 8.00. The first-order chi connectivity index (χ1) is 8.16. The van der Waals surface area contributed by atoms with Crippen molar-refractivity contribution in [2.45, 2.75) is 11.4 Å². The minimum atomic E-state index is -0.845. The number of hydrogen-bond acceptors (Lipinski definition) is 5. The number of aromatic hydroxyl groups is 1. The Bertz CT molecular complexity index is 412. The topological polar surface area (TPSA) is 78.8 Å². The standard InChI is InChI=1S/C11H13NO4S/c13-8-3-1-2-4-9(8)16-5-10-12-7(6-17-10)11(14)15/h1-4,7,10,12-13H,5-6H2,(H,14,15)/t7-,10-/m0/s1. The molecule has 0 bridgehead atoms. The van der Waals surface area contributed by atoms with Crippen LogP contribution in [-0.4, -0.2) is 40.0 Å². The van der Waals surface area contributed by atoms with Gasteiger partial charge in [-0.3, -0.25) is 10.1 Å². The summed E-state index contributed by atoms with van der Waals surface area (Å²) in [5, 5.41) is 21.2. The van der Waals surface area contributed by atoms with Crippen molar-refractivity contribution >= 4 is 17.7 Å². The highest BCUT2D eigenvalue weighted by Gasteiger charge is 2.29. The van der Waals surface area contributed by atoms with E-state index in [0.29, 0.717) is 18.1 Å². The van der Waals surface area contributed by atoms with Crippen molar-refractivity contribution in [2.24, 2.45) is 0 Å². The number of carbonyl (C=O) groups is 1. The molecule has 0 radical (unpaired) electrons. The van der Waals surface area contributed by atoms with Crippen molar-refractivity contribution in [1.82, 2.24) is 5.32 Å². The number of phenolic OH excluding ortho intramolecular Hbond substituents is 1. The van der Waals surface area contributed by atoms with Crippen LogP contribution < -0.4 is 10.1 Å². The molecular formula is C11H13NO4S. The quantitative estimate of drug-likeness (QED) is 0.741. The van der Waals surface area contributed by atoms with Gasteiger partial charge < -0.3 is 14.9 Å². The molecule has 3 N–H and O–H groups in total. The van der Waals surface area contributed by atoms with Crippen LogP contribution in [0.25, 0.3) is 0 Å². The maximum atomic E-state index is 10.7. The molecule has 1 saturated heterocycles. The number of thioether (sulfide) groups is 1. The number of para-hydroxylation sites is 2. The number of aliphatic carboxylic acids is 1. The lowest BCUT2D eigenvalue weighted by Gasteiger charge is -2.13. The normalized spacial score (nSPS) is 23.5. The van der Waals surface area contributed by atoms with E-state index in [9.17, 15) is 9.90 Å². The number of carboxylic acid groups (broad SMARTS) is 1. The van der Waals surface area contributed by atoms with E-state index in [-0.39, 0.29) is 11.1 Å². The van der Waals surface area contributed by atoms with Crippen LogP contribution in [-0.2, 0) is 4.79 Å². The van der Waals surface area contributed by atoms with Gasteiger partial charge in [0.2, 0.25) is 0 Å². The first-order valence-electron chi connectivity index (χ1n) is 5.18. The molecule has 1 aromatic carbocycles. The van der Waals surface area contributed by atoms with Crippen molar-refractivity contribution in [3.63, 3.8) is 0 Å². The molecule has 0 saturated carbocycles. The van der Waals surface area contributed by atoms with Crippen molar-refractivity contribution in [1.29, 1.82) is 0 Å². The summed E-state index contributed by atoms with van der Waals surface area (Å²) in [7, 11) is 0. The fourth-order valence-electron chi connectivity index (χ4n) is 1.52. The molecule has 1 aromatic rings. The molecule has 5 nitrogen and oxygen atoms in total. The molecule has 92 valence electrons. The second kappa shape index (κ2) is 5.29. The van der Waals surface area contributed by atoms with Gasteiger partial charge in [0, 0.05) is 5.75 Å². The Morgan fingerprint density at radius 2 is 2.29 bits per heavy atom. The van der Waals surface area contributed by atoms with Gasteiger partial charge in [-0.25, -0.2) is 0 Å². The van der Waals surface area contributed by atoms with Crippen molar-refractivity contribution in [3.8, 4) is 11.5 Å². The molecule has 1 fully saturated rings. The van der Waals surface area contributed by atoms with E-state index < -0.39 is 12.0 Å². The van der Waals surface area contributed by atoms with E-state index in [1.54, 1.807) is 24.3 Å². The van der Waals surface area contributed by atoms with Crippen LogP contribution in [0.15, 0.2) is 24.3 Å². The van der Waals surface area contributed by atoms with Gasteiger partial charge in [-0.1, -0.05) is 12.1 Å². The molecule has 1 heterocycles. The Morgan fingerprint density at radius 3 is 2.94 bits per heavy atom. The number of benzene rings is 1. The zero-order valence-electron chi connectivity index (χ0n) is 9.00. The summed E-state index contributed by atoms with van der Waals surface area (Å²) in [5.74, 6) is 0.186. The Kier molecular flexibility index (Phi) is 3.75. The zero-order chi connectivity index (χ0) is 12.3. The molecular weight excluding hydrogens is 242 g/mol. The van der Waals surface area contributed by atoms with Gasteiger partial charge >= 0.3 is 5.97 Å². The van der Waals surface area contributed by atoms with Crippen LogP contribution in [0.4, 0.5) is 0 Å². The molecule has 0 unspecified atom stereocenters. The number of hydrogen-bond donors (Lipinski definition) is 3. The lowest BCUT2D eigenvalue weighted by atomic mass is 10.3. The second-order valence-electron chi connectivity index (χ2n) is 3.66. The first kappa shape index (κ1) is 12.1. The molecule has 17 heavy (non-hydrogen) atoms. The summed E-state index contributed by atoms with van der Waals surface area (Å²) in [6.07, 6.45) is 0. The highest BCUT2D eigenvalue weighted by atomic mass is 32.2. The summed E-state index contributed by atoms with van der Waals surface area (Å²) in [4.78, 5) is 10.7. The lowest BCUT2D eigenvalue weighted by molar-refractivity contribution is -0.138. The number of phenols is 1. The minimum Gasteiger partial charge on any atom is -0.504 e. The van der Waals surface area contributed by atoms with Crippen molar-refractivity contribution < 1.29 is 19.7 Å². The average Bonchev–Trinajstić information content (AvgIpc) is 2.77. The van der Waals surface area contributed by atoms with E-state index in [1.165, 1.54) is 11.8 Å². The highest BCUT2D eigenvalue weighted by Crippen LogP contribution is 2.26. The Morgan fingerprint density at radius 1 is 1.53 bits per heavy atom. The third-order valence-electron chi connectivity index (χ3n) is 2.40. The number of ether oxygens (including phenoxy) is 1. The first-order valence-corrected chi connectivity index (χ1v) is 6.23. The molecule has 0 aliphatic carbocycles. The average molecular weight is 255 g/mol. The Hall–Kier alpha value is -1.40. The van der Waals surface area contributed by atoms with Crippen LogP contribution in [0, 0.1) is 0 Å². The predicted octanol–water partition coefficient (Wildman–Crippen LogP) is 0.887. The van der Waals surface area contributed by atoms with Crippen LogP contribution in [0.2, 0.25) is 0 Å². The Labute approximate surface area is 103 Å². The summed E-state index contributed by atoms with van der Waals surface area (Å²) in [5.41, 5.74) is 0. The van der Waals surface area contributed by atoms with E-state index in [1.807, 2.05) is 0 Å². The van der Waals surface area contributed by atoms with Gasteiger partial charge in [0.15, 0.2) is 11.5 Å². The van der Waals surface area contributed by atoms with Crippen LogP contribution in [0.3, 0.4) is 0 Å². The van der Waals surface area contributed by atoms with Crippen LogP contribution in [0.1, 0.15) is 0 Å². The summed E-state index contributed by atoms with van der Waals surface area (Å²) < 4.78 is 5.42. The Balaban J connectivity index is 1.84. The van der Waals surface area contributed by atoms with Gasteiger partial charge in [0.1, 0.15) is 12.6 Å². The van der Waals surface area contributed by atoms with Crippen molar-refractivity contribution in [3.05, 3.63) is 24.3 Å². The maximum Gasteiger partial charge on any atom is 0.321 e. The van der Waals surface area contributed by atoms with Gasteiger partial charge in [-0.15, -0.1) is 11.8 Å². The van der Waals surface area contributed by atoms with E-state index in [4.69, 9.17) is 9.84 Å². The van der Waals surface area contributed by atoms with Crippen LogP contribution >= 0.6 is 11.8 Å². The molecule has 1 aliphatic heterocycles. The molecule has 0 amide bonds. The third-order valence-corrected chi connectivity index (χ3v) is 3.61. The zero-order valence-corrected chi connectivity index (χ0v) is 9.81. The van der Waals surface area contributed by atoms with E-state index in [2.05, 4.69) is 5.32 Å². The van der Waals surface area contributed by atoms with E-state index in [0.717, 1.165) is 0 Å². The molecule has 0 aromatic heterocycles. The maximum absolute atomic E-state index is 10.7. The van der Waals surface area contributed by atoms with Crippen LogP contribution in [0.5, 0.6) is 11.5 Å². The smallest absolute Gasteiger partial charge is 0.321 e. The van der Waals surface area contributed by atoms with E-state index >= 15 is 0 Å². The third kappa shape index (κ3) is 3.04. The predicted molar refractivity (Wildman–Crippen MR) is 64.4 cm³/mol. The second-order valence-corrected chi connectivity index (χ2v) is 4.89. The van der Waals surface area contributed by atoms with Gasteiger partial charge in [-0.2, -0.15) is 0 Å². The molecule has 6 heteroatoms. The molecule has 2 rings (SSSR count). The fourth-order valence-corrected chi connectivity index (χ4v) is 2.60. The fraction of sp³-hybridized carbons (Fsp3) is 0.364. The SMILES string of the molecule is O=C(O)[C@@H]1CS[C@@H](COc2ccccc2O)N1. The monoisotopic (exact) mass is 255 g/mol. The number of rotatable bonds is 4. The summed E-state index contributed by atoms with van der Waals surface area (Å²) in [6, 6.07) is 6.18. The lowest BCUT2D eigenvalue weighted by Crippen LogP contribution is -2.38. The minimum absolute atomic E-state index is 0.0595. The van der Waals surface area contributed by atoms with Gasteiger partial charge in [-0.05, 0) is 12.1 Å². The molecule has 2 atom stereocenters.